The lowest BCUT2D eigenvalue weighted by Crippen LogP contribution is -2.28. The molecule has 1 atom stereocenters. The fourth-order valence-corrected chi connectivity index (χ4v) is 2.76. The summed E-state index contributed by atoms with van der Waals surface area (Å²) < 4.78 is 0.824. The monoisotopic (exact) mass is 345 g/mol. The van der Waals surface area contributed by atoms with Crippen LogP contribution < -0.4 is 5.32 Å². The number of nitrogens with one attached hydrogen (secondary N) is 1. The molecule has 0 saturated carbocycles. The minimum absolute atomic E-state index is 0.0348. The molecule has 0 aliphatic carbocycles. The smallest absolute Gasteiger partial charge is 0.252 e. The molecule has 0 bridgehead atoms. The number of amides is 1. The summed E-state index contributed by atoms with van der Waals surface area (Å²) in [6.45, 7) is 2.16. The number of rotatable bonds is 6. The maximum atomic E-state index is 12.5. The molecule has 2 aromatic carbocycles. The van der Waals surface area contributed by atoms with E-state index in [2.05, 4.69) is 40.3 Å². The molecular formula is C18H20BrNO. The van der Waals surface area contributed by atoms with Gasteiger partial charge in [-0.05, 0) is 40.0 Å². The third-order valence-corrected chi connectivity index (χ3v) is 4.16. The van der Waals surface area contributed by atoms with Crippen LogP contribution in [0, 0.1) is 0 Å². The SMILES string of the molecule is CCCCC(NC(=O)c1ccccc1Br)c1ccccc1. The molecule has 2 aromatic rings. The van der Waals surface area contributed by atoms with Gasteiger partial charge >= 0.3 is 0 Å². The van der Waals surface area contributed by atoms with Crippen LogP contribution in [0.1, 0.15) is 48.1 Å². The highest BCUT2D eigenvalue weighted by Crippen LogP contribution is 2.22. The fraction of sp³-hybridized carbons (Fsp3) is 0.278. The molecule has 0 aromatic heterocycles. The van der Waals surface area contributed by atoms with Gasteiger partial charge in [0.2, 0.25) is 0 Å². The van der Waals surface area contributed by atoms with Crippen LogP contribution in [0.3, 0.4) is 0 Å². The molecule has 0 heterocycles. The quantitative estimate of drug-likeness (QED) is 0.774. The minimum atomic E-state index is -0.0348. The molecule has 0 spiro atoms. The van der Waals surface area contributed by atoms with Crippen LogP contribution in [0.25, 0.3) is 0 Å². The first kappa shape index (κ1) is 15.8. The zero-order chi connectivity index (χ0) is 15.1. The summed E-state index contributed by atoms with van der Waals surface area (Å²) in [5.41, 5.74) is 1.83. The van der Waals surface area contributed by atoms with Crippen molar-refractivity contribution in [3.8, 4) is 0 Å². The van der Waals surface area contributed by atoms with E-state index < -0.39 is 0 Å². The van der Waals surface area contributed by atoms with Gasteiger partial charge in [-0.2, -0.15) is 0 Å². The largest absolute Gasteiger partial charge is 0.345 e. The van der Waals surface area contributed by atoms with E-state index in [1.165, 1.54) is 0 Å². The fourth-order valence-electron chi connectivity index (χ4n) is 2.30. The highest BCUT2D eigenvalue weighted by molar-refractivity contribution is 9.10. The van der Waals surface area contributed by atoms with Gasteiger partial charge in [0.25, 0.3) is 5.91 Å². The third kappa shape index (κ3) is 4.43. The van der Waals surface area contributed by atoms with Crippen molar-refractivity contribution in [3.63, 3.8) is 0 Å². The number of hydrogen-bond acceptors (Lipinski definition) is 1. The van der Waals surface area contributed by atoms with Gasteiger partial charge < -0.3 is 5.32 Å². The molecule has 0 aliphatic rings. The molecule has 3 heteroatoms. The number of carbonyl (C=O) groups is 1. The van der Waals surface area contributed by atoms with E-state index >= 15 is 0 Å². The maximum absolute atomic E-state index is 12.5. The van der Waals surface area contributed by atoms with E-state index in [-0.39, 0.29) is 11.9 Å². The van der Waals surface area contributed by atoms with Gasteiger partial charge in [-0.15, -0.1) is 0 Å². The summed E-state index contributed by atoms with van der Waals surface area (Å²) in [4.78, 5) is 12.5. The van der Waals surface area contributed by atoms with Gasteiger partial charge in [0, 0.05) is 4.47 Å². The Hall–Kier alpha value is -1.61. The Kier molecular flexibility index (Phi) is 6.00. The molecule has 0 aliphatic heterocycles. The summed E-state index contributed by atoms with van der Waals surface area (Å²) in [5.74, 6) is -0.0348. The molecule has 0 fully saturated rings. The van der Waals surface area contributed by atoms with E-state index in [1.807, 2.05) is 42.5 Å². The first-order chi connectivity index (χ1) is 10.2. The highest BCUT2D eigenvalue weighted by atomic mass is 79.9. The Labute approximate surface area is 134 Å². The first-order valence-electron chi connectivity index (χ1n) is 7.32. The highest BCUT2D eigenvalue weighted by Gasteiger charge is 2.16. The number of halogens is 1. The molecule has 2 nitrogen and oxygen atoms in total. The van der Waals surface area contributed by atoms with Crippen LogP contribution in [-0.4, -0.2) is 5.91 Å². The summed E-state index contributed by atoms with van der Waals surface area (Å²) in [5, 5.41) is 3.16. The second kappa shape index (κ2) is 7.99. The van der Waals surface area contributed by atoms with Crippen molar-refractivity contribution in [2.75, 3.05) is 0 Å². The Morgan fingerprint density at radius 1 is 1.10 bits per heavy atom. The Morgan fingerprint density at radius 3 is 2.43 bits per heavy atom. The van der Waals surface area contributed by atoms with Crippen LogP contribution in [0.2, 0.25) is 0 Å². The Balaban J connectivity index is 2.15. The van der Waals surface area contributed by atoms with Gasteiger partial charge in [-0.1, -0.05) is 62.2 Å². The standard InChI is InChI=1S/C18H20BrNO/c1-2-3-13-17(14-9-5-4-6-10-14)20-18(21)15-11-7-8-12-16(15)19/h4-12,17H,2-3,13H2,1H3,(H,20,21). The second-order valence-electron chi connectivity index (χ2n) is 5.06. The summed E-state index contributed by atoms with van der Waals surface area (Å²) in [6.07, 6.45) is 3.17. The van der Waals surface area contributed by atoms with Crippen molar-refractivity contribution < 1.29 is 4.79 Å². The lowest BCUT2D eigenvalue weighted by Gasteiger charge is -2.19. The molecule has 21 heavy (non-hydrogen) atoms. The normalized spacial score (nSPS) is 11.9. The van der Waals surface area contributed by atoms with Gasteiger partial charge in [-0.3, -0.25) is 4.79 Å². The summed E-state index contributed by atoms with van der Waals surface area (Å²) in [7, 11) is 0. The molecule has 2 rings (SSSR count). The molecule has 110 valence electrons. The van der Waals surface area contributed by atoms with Gasteiger partial charge in [0.1, 0.15) is 0 Å². The molecule has 0 saturated heterocycles. The zero-order valence-electron chi connectivity index (χ0n) is 12.2. The van der Waals surface area contributed by atoms with Crippen LogP contribution in [0.5, 0.6) is 0 Å². The molecule has 0 radical (unpaired) electrons. The number of benzene rings is 2. The van der Waals surface area contributed by atoms with E-state index in [0.29, 0.717) is 5.56 Å². The summed E-state index contributed by atoms with van der Waals surface area (Å²) in [6, 6.07) is 17.7. The van der Waals surface area contributed by atoms with Gasteiger partial charge in [0.05, 0.1) is 11.6 Å². The van der Waals surface area contributed by atoms with Crippen LogP contribution >= 0.6 is 15.9 Å². The van der Waals surface area contributed by atoms with Crippen molar-refractivity contribution in [3.05, 3.63) is 70.2 Å². The Bertz CT molecular complexity index is 583. The van der Waals surface area contributed by atoms with Crippen molar-refractivity contribution in [1.82, 2.24) is 5.32 Å². The van der Waals surface area contributed by atoms with Crippen molar-refractivity contribution in [1.29, 1.82) is 0 Å². The number of carbonyl (C=O) groups excluding carboxylic acids is 1. The van der Waals surface area contributed by atoms with Crippen molar-refractivity contribution >= 4 is 21.8 Å². The molecule has 1 unspecified atom stereocenters. The van der Waals surface area contributed by atoms with Crippen LogP contribution in [0.15, 0.2) is 59.1 Å². The maximum Gasteiger partial charge on any atom is 0.252 e. The first-order valence-corrected chi connectivity index (χ1v) is 8.12. The average molecular weight is 346 g/mol. The van der Waals surface area contributed by atoms with E-state index in [1.54, 1.807) is 0 Å². The van der Waals surface area contributed by atoms with Crippen LogP contribution in [-0.2, 0) is 0 Å². The predicted octanol–water partition coefficient (Wildman–Crippen LogP) is 5.11. The van der Waals surface area contributed by atoms with Crippen LogP contribution in [0.4, 0.5) is 0 Å². The molecule has 1 N–H and O–H groups in total. The van der Waals surface area contributed by atoms with Gasteiger partial charge in [0.15, 0.2) is 0 Å². The topological polar surface area (TPSA) is 29.1 Å². The number of hydrogen-bond donors (Lipinski definition) is 1. The Morgan fingerprint density at radius 2 is 1.76 bits per heavy atom. The van der Waals surface area contributed by atoms with Crippen molar-refractivity contribution in [2.45, 2.75) is 32.2 Å². The van der Waals surface area contributed by atoms with Crippen molar-refractivity contribution in [2.24, 2.45) is 0 Å². The molecule has 1 amide bonds. The minimum Gasteiger partial charge on any atom is -0.345 e. The lowest BCUT2D eigenvalue weighted by atomic mass is 10.0. The number of unbranched alkanes of at least 4 members (excludes halogenated alkanes) is 1. The second-order valence-corrected chi connectivity index (χ2v) is 5.91. The predicted molar refractivity (Wildman–Crippen MR) is 90.3 cm³/mol. The van der Waals surface area contributed by atoms with E-state index in [0.717, 1.165) is 29.3 Å². The zero-order valence-corrected chi connectivity index (χ0v) is 13.8. The lowest BCUT2D eigenvalue weighted by molar-refractivity contribution is 0.0933. The van der Waals surface area contributed by atoms with E-state index in [4.69, 9.17) is 0 Å². The van der Waals surface area contributed by atoms with E-state index in [9.17, 15) is 4.79 Å². The third-order valence-electron chi connectivity index (χ3n) is 3.47. The van der Waals surface area contributed by atoms with Gasteiger partial charge in [-0.25, -0.2) is 0 Å². The summed E-state index contributed by atoms with van der Waals surface area (Å²) >= 11 is 3.43. The average Bonchev–Trinajstić information content (AvgIpc) is 2.52. The molecular weight excluding hydrogens is 326 g/mol.